The molecule has 3 aromatic rings. The lowest BCUT2D eigenvalue weighted by molar-refractivity contribution is -0.116. The van der Waals surface area contributed by atoms with Crippen LogP contribution in [0, 0.1) is 4.77 Å². The number of benzene rings is 1. The molecule has 6 nitrogen and oxygen atoms in total. The van der Waals surface area contributed by atoms with Gasteiger partial charge in [0.05, 0.1) is 0 Å². The summed E-state index contributed by atoms with van der Waals surface area (Å²) in [5, 5.41) is 7.32. The van der Waals surface area contributed by atoms with E-state index in [0.717, 1.165) is 16.0 Å². The number of anilines is 1. The third kappa shape index (κ3) is 3.49. The fraction of sp³-hybridized carbons (Fsp3) is 0.188. The zero-order valence-electron chi connectivity index (χ0n) is 13.0. The van der Waals surface area contributed by atoms with Crippen molar-refractivity contribution in [3.63, 3.8) is 0 Å². The highest BCUT2D eigenvalue weighted by atomic mass is 79.9. The number of aryl methyl sites for hydroxylation is 1. The van der Waals surface area contributed by atoms with Crippen molar-refractivity contribution in [3.8, 4) is 0 Å². The van der Waals surface area contributed by atoms with Gasteiger partial charge in [-0.1, -0.05) is 28.9 Å². The molecule has 0 atom stereocenters. The minimum atomic E-state index is -0.177. The number of halogens is 1. The zero-order valence-corrected chi connectivity index (χ0v) is 15.4. The molecule has 0 radical (unpaired) electrons. The molecule has 0 saturated heterocycles. The Hall–Kier alpha value is -2.19. The van der Waals surface area contributed by atoms with Gasteiger partial charge in [0.1, 0.15) is 6.54 Å². The Kier molecular flexibility index (Phi) is 4.96. The van der Waals surface area contributed by atoms with Gasteiger partial charge in [0, 0.05) is 29.0 Å². The second-order valence-electron chi connectivity index (χ2n) is 5.14. The van der Waals surface area contributed by atoms with Gasteiger partial charge in [-0.15, -0.1) is 0 Å². The molecule has 1 N–H and O–H groups in total. The summed E-state index contributed by atoms with van der Waals surface area (Å²) in [5.74, 6) is 0.621. The van der Waals surface area contributed by atoms with Crippen molar-refractivity contribution in [3.05, 3.63) is 63.9 Å². The molecule has 0 aliphatic heterocycles. The van der Waals surface area contributed by atoms with E-state index in [2.05, 4.69) is 26.3 Å². The first-order chi connectivity index (χ1) is 11.6. The second-order valence-corrected chi connectivity index (χ2v) is 6.42. The van der Waals surface area contributed by atoms with Gasteiger partial charge in [0.2, 0.25) is 10.7 Å². The van der Waals surface area contributed by atoms with Crippen LogP contribution in [0.2, 0.25) is 0 Å². The molecule has 0 fully saturated rings. The van der Waals surface area contributed by atoms with Crippen LogP contribution >= 0.6 is 28.1 Å². The van der Waals surface area contributed by atoms with Crippen molar-refractivity contribution >= 4 is 39.7 Å². The van der Waals surface area contributed by atoms with Crippen LogP contribution in [0.4, 0.5) is 5.69 Å². The Labute approximate surface area is 152 Å². The number of hydrogen-bond donors (Lipinski definition) is 1. The maximum absolute atomic E-state index is 12.3. The van der Waals surface area contributed by atoms with E-state index in [1.165, 1.54) is 0 Å². The number of nitrogens with zero attached hydrogens (tertiary/aromatic N) is 4. The summed E-state index contributed by atoms with van der Waals surface area (Å²) in [6.07, 6.45) is 4.49. The first-order valence-electron chi connectivity index (χ1n) is 7.46. The van der Waals surface area contributed by atoms with Crippen LogP contribution in [-0.4, -0.2) is 25.0 Å². The summed E-state index contributed by atoms with van der Waals surface area (Å²) in [6, 6.07) is 11.3. The fourth-order valence-electron chi connectivity index (χ4n) is 2.36. The summed E-state index contributed by atoms with van der Waals surface area (Å²) in [7, 11) is 0. The van der Waals surface area contributed by atoms with E-state index in [1.807, 2.05) is 65.1 Å². The first-order valence-corrected chi connectivity index (χ1v) is 8.66. The average molecular weight is 406 g/mol. The van der Waals surface area contributed by atoms with Crippen LogP contribution in [0.1, 0.15) is 12.7 Å². The number of hydrogen-bond acceptors (Lipinski definition) is 3. The highest BCUT2D eigenvalue weighted by Gasteiger charge is 2.13. The third-order valence-electron chi connectivity index (χ3n) is 3.42. The number of amides is 1. The van der Waals surface area contributed by atoms with Crippen molar-refractivity contribution in [2.24, 2.45) is 0 Å². The molecule has 2 heterocycles. The molecule has 1 amide bonds. The monoisotopic (exact) mass is 405 g/mol. The number of carbonyl (C=O) groups is 1. The van der Waals surface area contributed by atoms with Crippen molar-refractivity contribution in [1.82, 2.24) is 19.1 Å². The minimum absolute atomic E-state index is 0.0621. The quantitative estimate of drug-likeness (QED) is 0.660. The summed E-state index contributed by atoms with van der Waals surface area (Å²) in [5.41, 5.74) is 0.724. The third-order valence-corrected chi connectivity index (χ3v) is 4.30. The standard InChI is InChI=1S/C16H16BrN5OS/c1-2-14-19-21(16(24)22(14)20-8-3-4-9-20)11-15(23)18-13-7-5-6-12(17)10-13/h3-10H,2,11H2,1H3,(H,18,23). The Morgan fingerprint density at radius 2 is 2.04 bits per heavy atom. The molecule has 0 spiro atoms. The van der Waals surface area contributed by atoms with Gasteiger partial charge in [-0.2, -0.15) is 5.10 Å². The lowest BCUT2D eigenvalue weighted by Gasteiger charge is -2.06. The smallest absolute Gasteiger partial charge is 0.246 e. The van der Waals surface area contributed by atoms with E-state index < -0.39 is 0 Å². The van der Waals surface area contributed by atoms with Crippen molar-refractivity contribution in [2.75, 3.05) is 5.32 Å². The zero-order chi connectivity index (χ0) is 17.1. The van der Waals surface area contributed by atoms with E-state index in [9.17, 15) is 4.79 Å². The van der Waals surface area contributed by atoms with E-state index in [1.54, 1.807) is 4.68 Å². The van der Waals surface area contributed by atoms with Crippen LogP contribution < -0.4 is 5.32 Å². The largest absolute Gasteiger partial charge is 0.324 e. The molecule has 1 aromatic carbocycles. The normalized spacial score (nSPS) is 10.8. The fourth-order valence-corrected chi connectivity index (χ4v) is 3.07. The van der Waals surface area contributed by atoms with Gasteiger partial charge in [-0.3, -0.25) is 9.47 Å². The Balaban J connectivity index is 1.83. The van der Waals surface area contributed by atoms with E-state index in [4.69, 9.17) is 12.2 Å². The SMILES string of the molecule is CCc1nn(CC(=O)Nc2cccc(Br)c2)c(=S)n1-n1cccc1. The van der Waals surface area contributed by atoms with Crippen molar-refractivity contribution < 1.29 is 4.79 Å². The predicted octanol–water partition coefficient (Wildman–Crippen LogP) is 3.49. The van der Waals surface area contributed by atoms with E-state index >= 15 is 0 Å². The summed E-state index contributed by atoms with van der Waals surface area (Å²) in [6.45, 7) is 2.07. The molecule has 0 saturated carbocycles. The van der Waals surface area contributed by atoms with Gasteiger partial charge >= 0.3 is 0 Å². The molecule has 8 heteroatoms. The van der Waals surface area contributed by atoms with Crippen LogP contribution in [-0.2, 0) is 17.8 Å². The van der Waals surface area contributed by atoms with Crippen LogP contribution in [0.5, 0.6) is 0 Å². The first kappa shape index (κ1) is 16.7. The molecule has 0 aliphatic rings. The van der Waals surface area contributed by atoms with Crippen LogP contribution in [0.25, 0.3) is 0 Å². The minimum Gasteiger partial charge on any atom is -0.324 e. The number of nitrogens with one attached hydrogen (secondary N) is 1. The summed E-state index contributed by atoms with van der Waals surface area (Å²) < 4.78 is 6.61. The Morgan fingerprint density at radius 3 is 2.71 bits per heavy atom. The highest BCUT2D eigenvalue weighted by Crippen LogP contribution is 2.15. The molecule has 124 valence electrons. The van der Waals surface area contributed by atoms with E-state index in [-0.39, 0.29) is 12.5 Å². The highest BCUT2D eigenvalue weighted by molar-refractivity contribution is 9.10. The molecule has 0 bridgehead atoms. The maximum atomic E-state index is 12.3. The molecule has 2 aromatic heterocycles. The lowest BCUT2D eigenvalue weighted by Crippen LogP contribution is -2.20. The Morgan fingerprint density at radius 1 is 1.29 bits per heavy atom. The van der Waals surface area contributed by atoms with Crippen LogP contribution in [0.3, 0.4) is 0 Å². The molecule has 24 heavy (non-hydrogen) atoms. The Bertz CT molecular complexity index is 913. The van der Waals surface area contributed by atoms with Gasteiger partial charge in [0.25, 0.3) is 0 Å². The van der Waals surface area contributed by atoms with Gasteiger partial charge < -0.3 is 5.32 Å². The van der Waals surface area contributed by atoms with Gasteiger partial charge in [-0.25, -0.2) is 9.36 Å². The second kappa shape index (κ2) is 7.14. The summed E-state index contributed by atoms with van der Waals surface area (Å²) >= 11 is 8.87. The number of aromatic nitrogens is 4. The van der Waals surface area contributed by atoms with Gasteiger partial charge in [-0.05, 0) is 42.5 Å². The van der Waals surface area contributed by atoms with Gasteiger partial charge in [0.15, 0.2) is 5.82 Å². The maximum Gasteiger partial charge on any atom is 0.246 e. The van der Waals surface area contributed by atoms with E-state index in [0.29, 0.717) is 11.2 Å². The molecule has 3 rings (SSSR count). The topological polar surface area (TPSA) is 56.8 Å². The predicted molar refractivity (Wildman–Crippen MR) is 98.4 cm³/mol. The number of rotatable bonds is 5. The van der Waals surface area contributed by atoms with Crippen molar-refractivity contribution in [1.29, 1.82) is 0 Å². The molecule has 0 unspecified atom stereocenters. The summed E-state index contributed by atoms with van der Waals surface area (Å²) in [4.78, 5) is 12.3. The molecule has 0 aliphatic carbocycles. The van der Waals surface area contributed by atoms with Crippen molar-refractivity contribution in [2.45, 2.75) is 19.9 Å². The molecular weight excluding hydrogens is 390 g/mol. The molecular formula is C16H16BrN5OS. The lowest BCUT2D eigenvalue weighted by atomic mass is 10.3. The average Bonchev–Trinajstić information content (AvgIpc) is 3.16. The van der Waals surface area contributed by atoms with Crippen LogP contribution in [0.15, 0.2) is 53.3 Å². The number of carbonyl (C=O) groups excluding carboxylic acids is 1.